The van der Waals surface area contributed by atoms with Crippen LogP contribution in [0, 0.1) is 5.92 Å². The third kappa shape index (κ3) is 2.77. The van der Waals surface area contributed by atoms with Gasteiger partial charge in [0.1, 0.15) is 17.1 Å². The fourth-order valence-electron chi connectivity index (χ4n) is 4.15. The van der Waals surface area contributed by atoms with Gasteiger partial charge < -0.3 is 9.47 Å². The molecule has 0 saturated heterocycles. The number of hydrogen-bond acceptors (Lipinski definition) is 2. The molecule has 0 fully saturated rings. The summed E-state index contributed by atoms with van der Waals surface area (Å²) in [7, 11) is 1.78. The number of benzene rings is 1. The first-order chi connectivity index (χ1) is 10.6. The van der Waals surface area contributed by atoms with Crippen LogP contribution in [0.4, 0.5) is 0 Å². The van der Waals surface area contributed by atoms with E-state index in [1.165, 1.54) is 16.7 Å². The van der Waals surface area contributed by atoms with Crippen LogP contribution in [-0.2, 0) is 5.41 Å². The normalized spacial score (nSPS) is 25.8. The third-order valence-electron chi connectivity index (χ3n) is 5.57. The molecule has 2 nitrogen and oxygen atoms in total. The molecule has 2 atom stereocenters. The van der Waals surface area contributed by atoms with E-state index in [1.54, 1.807) is 7.11 Å². The van der Waals surface area contributed by atoms with Gasteiger partial charge in [-0.25, -0.2) is 0 Å². The highest BCUT2D eigenvalue weighted by molar-refractivity contribution is 5.54. The molecular formula is C21H30O2. The average molecular weight is 314 g/mol. The van der Waals surface area contributed by atoms with Crippen LogP contribution >= 0.6 is 0 Å². The zero-order valence-corrected chi connectivity index (χ0v) is 15.6. The van der Waals surface area contributed by atoms with Crippen LogP contribution in [0.2, 0.25) is 0 Å². The lowest BCUT2D eigenvalue weighted by Gasteiger charge is -2.47. The summed E-state index contributed by atoms with van der Waals surface area (Å²) in [6, 6.07) is 4.45. The maximum absolute atomic E-state index is 6.49. The van der Waals surface area contributed by atoms with Crippen molar-refractivity contribution in [3.05, 3.63) is 34.9 Å². The van der Waals surface area contributed by atoms with E-state index in [2.05, 4.69) is 59.8 Å². The summed E-state index contributed by atoms with van der Waals surface area (Å²) in [5.74, 6) is 3.01. The van der Waals surface area contributed by atoms with Crippen LogP contribution < -0.4 is 9.47 Å². The van der Waals surface area contributed by atoms with E-state index in [-0.39, 0.29) is 11.0 Å². The second-order valence-electron chi connectivity index (χ2n) is 8.75. The van der Waals surface area contributed by atoms with Crippen molar-refractivity contribution < 1.29 is 9.47 Å². The molecule has 1 aliphatic heterocycles. The first-order valence-electron chi connectivity index (χ1n) is 8.70. The van der Waals surface area contributed by atoms with Crippen LogP contribution in [0.15, 0.2) is 23.8 Å². The van der Waals surface area contributed by atoms with Gasteiger partial charge in [-0.3, -0.25) is 0 Å². The second kappa shape index (κ2) is 5.29. The predicted octanol–water partition coefficient (Wildman–Crippen LogP) is 5.60. The minimum absolute atomic E-state index is 0.0784. The summed E-state index contributed by atoms with van der Waals surface area (Å²) in [6.07, 6.45) is 4.58. The Morgan fingerprint density at radius 2 is 1.91 bits per heavy atom. The van der Waals surface area contributed by atoms with Gasteiger partial charge in [0.15, 0.2) is 0 Å². The number of fused-ring (bicyclic) bond motifs is 3. The molecule has 0 radical (unpaired) electrons. The zero-order valence-electron chi connectivity index (χ0n) is 15.6. The van der Waals surface area contributed by atoms with Crippen LogP contribution in [0.1, 0.15) is 71.4 Å². The molecule has 2 aliphatic rings. The summed E-state index contributed by atoms with van der Waals surface area (Å²) in [4.78, 5) is 0. The third-order valence-corrected chi connectivity index (χ3v) is 5.57. The Labute approximate surface area is 140 Å². The molecule has 0 spiro atoms. The first-order valence-corrected chi connectivity index (χ1v) is 8.70. The Balaban J connectivity index is 2.19. The van der Waals surface area contributed by atoms with E-state index in [0.29, 0.717) is 11.8 Å². The predicted molar refractivity (Wildman–Crippen MR) is 95.6 cm³/mol. The van der Waals surface area contributed by atoms with Gasteiger partial charge in [-0.1, -0.05) is 32.4 Å². The molecule has 1 aliphatic carbocycles. The number of allylic oxidation sites excluding steroid dienone is 2. The first kappa shape index (κ1) is 16.4. The highest BCUT2D eigenvalue weighted by atomic mass is 16.5. The SMILES string of the molecule is COc1cc(C(C)(C)C)cc2c1C1CC(C)=CCC1C(C)(C)O2. The smallest absolute Gasteiger partial charge is 0.127 e. The summed E-state index contributed by atoms with van der Waals surface area (Å²) < 4.78 is 12.3. The second-order valence-corrected chi connectivity index (χ2v) is 8.75. The van der Waals surface area contributed by atoms with E-state index in [4.69, 9.17) is 9.47 Å². The number of methoxy groups -OCH3 is 1. The fraction of sp³-hybridized carbons (Fsp3) is 0.619. The lowest BCUT2D eigenvalue weighted by Crippen LogP contribution is -2.45. The van der Waals surface area contributed by atoms with Gasteiger partial charge in [0.2, 0.25) is 0 Å². The van der Waals surface area contributed by atoms with Gasteiger partial charge in [-0.15, -0.1) is 0 Å². The lowest BCUT2D eigenvalue weighted by molar-refractivity contribution is 0.00740. The van der Waals surface area contributed by atoms with Crippen molar-refractivity contribution in [2.75, 3.05) is 7.11 Å². The highest BCUT2D eigenvalue weighted by Gasteiger charge is 2.46. The molecular weight excluding hydrogens is 284 g/mol. The molecule has 0 bridgehead atoms. The van der Waals surface area contributed by atoms with E-state index in [1.807, 2.05) is 0 Å². The van der Waals surface area contributed by atoms with Gasteiger partial charge in [0.25, 0.3) is 0 Å². The van der Waals surface area contributed by atoms with Gasteiger partial charge >= 0.3 is 0 Å². The quantitative estimate of drug-likeness (QED) is 0.628. The Bertz CT molecular complexity index is 647. The highest BCUT2D eigenvalue weighted by Crippen LogP contribution is 2.54. The maximum Gasteiger partial charge on any atom is 0.127 e. The summed E-state index contributed by atoms with van der Waals surface area (Å²) in [6.45, 7) is 13.4. The molecule has 3 rings (SSSR count). The molecule has 23 heavy (non-hydrogen) atoms. The van der Waals surface area contributed by atoms with E-state index in [0.717, 1.165) is 24.3 Å². The molecule has 0 amide bonds. The van der Waals surface area contributed by atoms with Crippen LogP contribution in [0.25, 0.3) is 0 Å². The Morgan fingerprint density at radius 3 is 2.52 bits per heavy atom. The molecule has 0 N–H and O–H groups in total. The Kier molecular flexibility index (Phi) is 3.78. The summed E-state index contributed by atoms with van der Waals surface area (Å²) >= 11 is 0. The molecule has 1 aromatic rings. The van der Waals surface area contributed by atoms with Crippen molar-refractivity contribution in [2.24, 2.45) is 5.92 Å². The standard InChI is InChI=1S/C21H30O2/c1-13-8-9-16-15(10-13)19-17(22-7)11-14(20(2,3)4)12-18(19)23-21(16,5)6/h8,11-12,15-16H,9-10H2,1-7H3. The minimum Gasteiger partial charge on any atom is -0.496 e. The molecule has 2 heteroatoms. The van der Waals surface area contributed by atoms with Crippen molar-refractivity contribution >= 4 is 0 Å². The number of hydrogen-bond donors (Lipinski definition) is 0. The average Bonchev–Trinajstić information content (AvgIpc) is 2.43. The van der Waals surface area contributed by atoms with Crippen LogP contribution in [0.5, 0.6) is 11.5 Å². The molecule has 2 unspecified atom stereocenters. The zero-order chi connectivity index (χ0) is 17.0. The van der Waals surface area contributed by atoms with Gasteiger partial charge in [-0.2, -0.15) is 0 Å². The number of ether oxygens (including phenoxy) is 2. The van der Waals surface area contributed by atoms with E-state index < -0.39 is 0 Å². The Hall–Kier alpha value is -1.44. The minimum atomic E-state index is -0.142. The molecule has 1 aromatic carbocycles. The summed E-state index contributed by atoms with van der Waals surface area (Å²) in [5.41, 5.74) is 3.96. The van der Waals surface area contributed by atoms with Crippen molar-refractivity contribution in [3.63, 3.8) is 0 Å². The van der Waals surface area contributed by atoms with E-state index >= 15 is 0 Å². The Morgan fingerprint density at radius 1 is 1.22 bits per heavy atom. The fourth-order valence-corrected chi connectivity index (χ4v) is 4.15. The van der Waals surface area contributed by atoms with Crippen LogP contribution in [-0.4, -0.2) is 12.7 Å². The largest absolute Gasteiger partial charge is 0.496 e. The van der Waals surface area contributed by atoms with E-state index in [9.17, 15) is 0 Å². The summed E-state index contributed by atoms with van der Waals surface area (Å²) in [5, 5.41) is 0. The monoisotopic (exact) mass is 314 g/mol. The van der Waals surface area contributed by atoms with Crippen molar-refractivity contribution in [3.8, 4) is 11.5 Å². The molecule has 126 valence electrons. The van der Waals surface area contributed by atoms with Crippen LogP contribution in [0.3, 0.4) is 0 Å². The van der Waals surface area contributed by atoms with Crippen molar-refractivity contribution in [2.45, 2.75) is 71.3 Å². The van der Waals surface area contributed by atoms with Crippen molar-refractivity contribution in [1.82, 2.24) is 0 Å². The molecule has 0 aromatic heterocycles. The lowest BCUT2D eigenvalue weighted by atomic mass is 9.67. The van der Waals surface area contributed by atoms with Crippen molar-refractivity contribution in [1.29, 1.82) is 0 Å². The maximum atomic E-state index is 6.49. The van der Waals surface area contributed by atoms with Gasteiger partial charge in [-0.05, 0) is 56.7 Å². The molecule has 0 saturated carbocycles. The molecule has 1 heterocycles. The van der Waals surface area contributed by atoms with Gasteiger partial charge in [0, 0.05) is 17.4 Å². The topological polar surface area (TPSA) is 18.5 Å². The number of rotatable bonds is 1. The van der Waals surface area contributed by atoms with Gasteiger partial charge in [0.05, 0.1) is 7.11 Å².